The first kappa shape index (κ1) is 17.6. The molecule has 126 valence electrons. The number of primary amides is 1. The third-order valence-corrected chi connectivity index (χ3v) is 3.48. The Hall–Kier alpha value is -2.73. The fraction of sp³-hybridized carbons (Fsp3) is 0.176. The number of carbonyl (C=O) groups excluding carboxylic acids is 2. The van der Waals surface area contributed by atoms with Crippen LogP contribution in [0.4, 0.5) is 10.5 Å². The van der Waals surface area contributed by atoms with E-state index < -0.39 is 6.03 Å². The van der Waals surface area contributed by atoms with Crippen LogP contribution in [0.2, 0.25) is 5.02 Å². The maximum Gasteiger partial charge on any atom is 0.316 e. The first-order valence-corrected chi connectivity index (χ1v) is 7.64. The van der Waals surface area contributed by atoms with Gasteiger partial charge in [0.1, 0.15) is 12.4 Å². The van der Waals surface area contributed by atoms with Crippen LogP contribution >= 0.6 is 11.6 Å². The molecule has 0 radical (unpaired) electrons. The Morgan fingerprint density at radius 2 is 1.92 bits per heavy atom. The van der Waals surface area contributed by atoms with Crippen LogP contribution in [-0.2, 0) is 0 Å². The summed E-state index contributed by atoms with van der Waals surface area (Å²) in [6, 6.07) is 12.9. The van der Waals surface area contributed by atoms with E-state index in [1.54, 1.807) is 60.5 Å². The van der Waals surface area contributed by atoms with Crippen LogP contribution in [0.1, 0.15) is 10.4 Å². The van der Waals surface area contributed by atoms with E-state index in [-0.39, 0.29) is 5.91 Å². The number of ether oxygens (including phenoxy) is 1. The summed E-state index contributed by atoms with van der Waals surface area (Å²) in [4.78, 5) is 24.8. The molecule has 0 spiro atoms. The highest BCUT2D eigenvalue weighted by Gasteiger charge is 2.12. The summed E-state index contributed by atoms with van der Waals surface area (Å²) in [6.45, 7) is 0.762. The lowest BCUT2D eigenvalue weighted by Gasteiger charge is -2.18. The molecule has 3 amide bonds. The average Bonchev–Trinajstić information content (AvgIpc) is 2.55. The lowest BCUT2D eigenvalue weighted by molar-refractivity contribution is 0.0774. The van der Waals surface area contributed by atoms with Crippen molar-refractivity contribution in [1.82, 2.24) is 4.90 Å². The molecule has 24 heavy (non-hydrogen) atoms. The minimum Gasteiger partial charge on any atom is -0.492 e. The molecule has 0 aliphatic heterocycles. The number of nitrogens with zero attached hydrogens (tertiary/aromatic N) is 1. The van der Waals surface area contributed by atoms with Crippen molar-refractivity contribution in [3.05, 3.63) is 59.1 Å². The molecule has 0 heterocycles. The van der Waals surface area contributed by atoms with Crippen LogP contribution in [0.3, 0.4) is 0 Å². The third kappa shape index (κ3) is 5.17. The molecule has 0 aliphatic carbocycles. The highest BCUT2D eigenvalue weighted by atomic mass is 35.5. The van der Waals surface area contributed by atoms with Gasteiger partial charge >= 0.3 is 6.03 Å². The van der Waals surface area contributed by atoms with E-state index in [9.17, 15) is 9.59 Å². The molecule has 0 fully saturated rings. The summed E-state index contributed by atoms with van der Waals surface area (Å²) in [5.41, 5.74) is 6.00. The Labute approximate surface area is 145 Å². The molecule has 0 aliphatic rings. The molecule has 2 aromatic rings. The molecule has 3 N–H and O–H groups in total. The number of likely N-dealkylation sites (N-methyl/N-ethyl adjacent to an activating group) is 1. The number of amides is 3. The van der Waals surface area contributed by atoms with Gasteiger partial charge in [-0.15, -0.1) is 0 Å². The van der Waals surface area contributed by atoms with Crippen LogP contribution in [-0.4, -0.2) is 37.0 Å². The molecule has 0 saturated heterocycles. The number of rotatable bonds is 6. The number of benzene rings is 2. The predicted octanol–water partition coefficient (Wildman–Crippen LogP) is 2.98. The molecule has 6 nitrogen and oxygen atoms in total. The van der Waals surface area contributed by atoms with Gasteiger partial charge in [-0.05, 0) is 42.5 Å². The number of hydrogen-bond donors (Lipinski definition) is 2. The van der Waals surface area contributed by atoms with Gasteiger partial charge in [-0.1, -0.05) is 17.7 Å². The molecule has 0 atom stereocenters. The molecule has 7 heteroatoms. The molecule has 0 aromatic heterocycles. The Balaban J connectivity index is 1.89. The highest BCUT2D eigenvalue weighted by molar-refractivity contribution is 6.30. The van der Waals surface area contributed by atoms with Crippen LogP contribution < -0.4 is 15.8 Å². The number of hydrogen-bond acceptors (Lipinski definition) is 3. The van der Waals surface area contributed by atoms with Gasteiger partial charge < -0.3 is 20.7 Å². The summed E-state index contributed by atoms with van der Waals surface area (Å²) in [7, 11) is 1.68. The topological polar surface area (TPSA) is 84.7 Å². The second kappa shape index (κ2) is 8.21. The molecule has 0 bridgehead atoms. The van der Waals surface area contributed by atoms with Crippen LogP contribution in [0.5, 0.6) is 5.75 Å². The zero-order valence-corrected chi connectivity index (χ0v) is 13.9. The Bertz CT molecular complexity index is 719. The van der Waals surface area contributed by atoms with E-state index in [2.05, 4.69) is 5.32 Å². The van der Waals surface area contributed by atoms with Gasteiger partial charge in [0.15, 0.2) is 0 Å². The number of urea groups is 1. The summed E-state index contributed by atoms with van der Waals surface area (Å²) < 4.78 is 5.57. The van der Waals surface area contributed by atoms with Crippen LogP contribution in [0.15, 0.2) is 48.5 Å². The fourth-order valence-electron chi connectivity index (χ4n) is 2.03. The van der Waals surface area contributed by atoms with Crippen molar-refractivity contribution in [3.63, 3.8) is 0 Å². The van der Waals surface area contributed by atoms with E-state index in [1.165, 1.54) is 0 Å². The standard InChI is InChI=1S/C17H18ClN3O3/c1-21(9-10-24-15-7-5-13(18)6-8-15)16(22)12-3-2-4-14(11-12)20-17(19)23/h2-8,11H,9-10H2,1H3,(H3,19,20,23). The van der Waals surface area contributed by atoms with Crippen molar-refractivity contribution in [2.75, 3.05) is 25.5 Å². The van der Waals surface area contributed by atoms with Crippen molar-refractivity contribution in [2.45, 2.75) is 0 Å². The Morgan fingerprint density at radius 1 is 1.21 bits per heavy atom. The summed E-state index contributed by atoms with van der Waals surface area (Å²) in [6.07, 6.45) is 0. The van der Waals surface area contributed by atoms with Crippen molar-refractivity contribution in [2.24, 2.45) is 5.73 Å². The number of carbonyl (C=O) groups is 2. The number of nitrogens with one attached hydrogen (secondary N) is 1. The quantitative estimate of drug-likeness (QED) is 0.842. The lowest BCUT2D eigenvalue weighted by atomic mass is 10.2. The summed E-state index contributed by atoms with van der Waals surface area (Å²) >= 11 is 5.81. The minimum atomic E-state index is -0.677. The number of halogens is 1. The molecule has 2 rings (SSSR count). The monoisotopic (exact) mass is 347 g/mol. The minimum absolute atomic E-state index is 0.178. The van der Waals surface area contributed by atoms with Crippen molar-refractivity contribution in [1.29, 1.82) is 0 Å². The second-order valence-electron chi connectivity index (χ2n) is 5.10. The SMILES string of the molecule is CN(CCOc1ccc(Cl)cc1)C(=O)c1cccc(NC(N)=O)c1. The largest absolute Gasteiger partial charge is 0.492 e. The fourth-order valence-corrected chi connectivity index (χ4v) is 2.15. The van der Waals surface area contributed by atoms with E-state index in [4.69, 9.17) is 22.1 Å². The van der Waals surface area contributed by atoms with Crippen molar-refractivity contribution < 1.29 is 14.3 Å². The van der Waals surface area contributed by atoms with E-state index in [0.29, 0.717) is 35.2 Å². The molecule has 0 unspecified atom stereocenters. The van der Waals surface area contributed by atoms with E-state index in [1.807, 2.05) is 0 Å². The first-order valence-electron chi connectivity index (χ1n) is 7.26. The summed E-state index contributed by atoms with van der Waals surface area (Å²) in [5.74, 6) is 0.510. The molecule has 2 aromatic carbocycles. The highest BCUT2D eigenvalue weighted by Crippen LogP contribution is 2.16. The maximum atomic E-state index is 12.4. The number of nitrogens with two attached hydrogens (primary N) is 1. The zero-order chi connectivity index (χ0) is 17.5. The smallest absolute Gasteiger partial charge is 0.316 e. The normalized spacial score (nSPS) is 10.1. The predicted molar refractivity (Wildman–Crippen MR) is 93.6 cm³/mol. The molecular formula is C17H18ClN3O3. The van der Waals surface area contributed by atoms with Crippen molar-refractivity contribution in [3.8, 4) is 5.75 Å². The van der Waals surface area contributed by atoms with Gasteiger partial charge in [0.2, 0.25) is 0 Å². The van der Waals surface area contributed by atoms with Gasteiger partial charge in [-0.3, -0.25) is 4.79 Å². The van der Waals surface area contributed by atoms with Crippen LogP contribution in [0, 0.1) is 0 Å². The van der Waals surface area contributed by atoms with Gasteiger partial charge in [0.25, 0.3) is 5.91 Å². The number of anilines is 1. The first-order chi connectivity index (χ1) is 11.5. The van der Waals surface area contributed by atoms with E-state index in [0.717, 1.165) is 0 Å². The lowest BCUT2D eigenvalue weighted by Crippen LogP contribution is -2.31. The van der Waals surface area contributed by atoms with Gasteiger partial charge in [-0.2, -0.15) is 0 Å². The molecule has 0 saturated carbocycles. The Morgan fingerprint density at radius 3 is 2.58 bits per heavy atom. The maximum absolute atomic E-state index is 12.4. The van der Waals surface area contributed by atoms with Crippen molar-refractivity contribution >= 4 is 29.2 Å². The van der Waals surface area contributed by atoms with E-state index >= 15 is 0 Å². The molecular weight excluding hydrogens is 330 g/mol. The third-order valence-electron chi connectivity index (χ3n) is 3.23. The summed E-state index contributed by atoms with van der Waals surface area (Å²) in [5, 5.41) is 3.08. The average molecular weight is 348 g/mol. The van der Waals surface area contributed by atoms with Gasteiger partial charge in [0.05, 0.1) is 6.54 Å². The van der Waals surface area contributed by atoms with Gasteiger partial charge in [-0.25, -0.2) is 4.79 Å². The van der Waals surface area contributed by atoms with Gasteiger partial charge in [0, 0.05) is 23.3 Å². The zero-order valence-electron chi connectivity index (χ0n) is 13.2. The Kier molecular flexibility index (Phi) is 6.03. The second-order valence-corrected chi connectivity index (χ2v) is 5.54. The van der Waals surface area contributed by atoms with Crippen LogP contribution in [0.25, 0.3) is 0 Å².